The standard InChI is InChI=1S/C30H33N7O2/c1-36(2)18-25(35-30-24-10-6-9-23(29(31)39)28(24)33-19-34-30)21-8-5-7-20(15-21)16-26(38)22-11-12-32-27(17-22)37-13-3-4-14-37/h5-12,15,17,19,25H,3-4,13-14,16,18H2,1-2H3,(H2,31,39)(H,33,34,35). The molecule has 0 bridgehead atoms. The van der Waals surface area contributed by atoms with Gasteiger partial charge in [0.05, 0.1) is 17.1 Å². The van der Waals surface area contributed by atoms with E-state index in [2.05, 4.69) is 36.1 Å². The Balaban J connectivity index is 1.39. The van der Waals surface area contributed by atoms with Crippen molar-refractivity contribution in [1.82, 2.24) is 19.9 Å². The van der Waals surface area contributed by atoms with Gasteiger partial charge in [0.1, 0.15) is 18.0 Å². The van der Waals surface area contributed by atoms with E-state index in [0.717, 1.165) is 48.3 Å². The molecular formula is C30H33N7O2. The van der Waals surface area contributed by atoms with E-state index in [9.17, 15) is 9.59 Å². The number of pyridine rings is 1. The van der Waals surface area contributed by atoms with Crippen LogP contribution in [0.5, 0.6) is 0 Å². The number of nitrogens with two attached hydrogens (primary N) is 1. The zero-order valence-electron chi connectivity index (χ0n) is 22.3. The van der Waals surface area contributed by atoms with E-state index < -0.39 is 5.91 Å². The lowest BCUT2D eigenvalue weighted by atomic mass is 9.98. The van der Waals surface area contributed by atoms with Crippen LogP contribution in [0, 0.1) is 0 Å². The molecule has 5 rings (SSSR count). The normalized spacial score (nSPS) is 14.1. The maximum atomic E-state index is 13.2. The number of nitrogens with one attached hydrogen (secondary N) is 1. The number of nitrogens with zero attached hydrogens (tertiary/aromatic N) is 5. The Bertz CT molecular complexity index is 1500. The highest BCUT2D eigenvalue weighted by Crippen LogP contribution is 2.27. The molecule has 1 saturated heterocycles. The smallest absolute Gasteiger partial charge is 0.250 e. The highest BCUT2D eigenvalue weighted by Gasteiger charge is 2.19. The molecule has 1 aliphatic rings. The molecule has 2 aromatic heterocycles. The van der Waals surface area contributed by atoms with Crippen LogP contribution in [0.3, 0.4) is 0 Å². The Hall–Kier alpha value is -4.37. The summed E-state index contributed by atoms with van der Waals surface area (Å²) in [5.41, 5.74) is 9.07. The number of carbonyl (C=O) groups excluding carboxylic acids is 2. The number of rotatable bonds is 10. The van der Waals surface area contributed by atoms with Gasteiger partial charge in [0.15, 0.2) is 5.78 Å². The zero-order chi connectivity index (χ0) is 27.4. The SMILES string of the molecule is CN(C)CC(Nc1ncnc2c(C(N)=O)cccc12)c1cccc(CC(=O)c2ccnc(N3CCCC3)c2)c1. The predicted octanol–water partition coefficient (Wildman–Crippen LogP) is 3.86. The predicted molar refractivity (Wildman–Crippen MR) is 153 cm³/mol. The fourth-order valence-corrected chi connectivity index (χ4v) is 5.08. The Morgan fingerprint density at radius 2 is 1.82 bits per heavy atom. The van der Waals surface area contributed by atoms with E-state index in [-0.39, 0.29) is 11.8 Å². The largest absolute Gasteiger partial charge is 0.366 e. The molecule has 200 valence electrons. The monoisotopic (exact) mass is 523 g/mol. The highest BCUT2D eigenvalue weighted by molar-refractivity contribution is 6.06. The summed E-state index contributed by atoms with van der Waals surface area (Å²) in [5, 5.41) is 4.26. The molecular weight excluding hydrogens is 490 g/mol. The number of primary amides is 1. The van der Waals surface area contributed by atoms with E-state index in [1.807, 2.05) is 44.4 Å². The molecule has 2 aromatic carbocycles. The molecule has 1 aliphatic heterocycles. The lowest BCUT2D eigenvalue weighted by Crippen LogP contribution is -2.26. The Morgan fingerprint density at radius 1 is 1.03 bits per heavy atom. The van der Waals surface area contributed by atoms with Crippen LogP contribution >= 0.6 is 0 Å². The minimum Gasteiger partial charge on any atom is -0.366 e. The van der Waals surface area contributed by atoms with Gasteiger partial charge in [-0.2, -0.15) is 0 Å². The third kappa shape index (κ3) is 6.04. The highest BCUT2D eigenvalue weighted by atomic mass is 16.1. The van der Waals surface area contributed by atoms with Crippen LogP contribution in [0.4, 0.5) is 11.6 Å². The fraction of sp³-hybridized carbons (Fsp3) is 0.300. The van der Waals surface area contributed by atoms with E-state index in [1.54, 1.807) is 24.4 Å². The van der Waals surface area contributed by atoms with Crippen molar-refractivity contribution < 1.29 is 9.59 Å². The van der Waals surface area contributed by atoms with Gasteiger partial charge in [0.2, 0.25) is 0 Å². The van der Waals surface area contributed by atoms with Gasteiger partial charge in [-0.3, -0.25) is 9.59 Å². The molecule has 0 aliphatic carbocycles. The number of fused-ring (bicyclic) bond motifs is 1. The molecule has 1 fully saturated rings. The van der Waals surface area contributed by atoms with E-state index in [4.69, 9.17) is 5.73 Å². The van der Waals surface area contributed by atoms with Gasteiger partial charge in [-0.25, -0.2) is 15.0 Å². The first-order valence-corrected chi connectivity index (χ1v) is 13.2. The molecule has 4 aromatic rings. The first kappa shape index (κ1) is 26.2. The van der Waals surface area contributed by atoms with Crippen molar-refractivity contribution >= 4 is 34.2 Å². The first-order valence-electron chi connectivity index (χ1n) is 13.2. The van der Waals surface area contributed by atoms with Crippen molar-refractivity contribution in [1.29, 1.82) is 0 Å². The Kier molecular flexibility index (Phi) is 7.79. The van der Waals surface area contributed by atoms with Gasteiger partial charge >= 0.3 is 0 Å². The van der Waals surface area contributed by atoms with Gasteiger partial charge in [0, 0.05) is 43.2 Å². The first-order chi connectivity index (χ1) is 18.9. The molecule has 3 N–H and O–H groups in total. The van der Waals surface area contributed by atoms with E-state index in [1.165, 1.54) is 6.33 Å². The summed E-state index contributed by atoms with van der Waals surface area (Å²) in [6, 6.07) is 17.0. The number of carbonyl (C=O) groups is 2. The van der Waals surface area contributed by atoms with Crippen LogP contribution in [-0.2, 0) is 6.42 Å². The summed E-state index contributed by atoms with van der Waals surface area (Å²) >= 11 is 0. The summed E-state index contributed by atoms with van der Waals surface area (Å²) < 4.78 is 0. The number of ketones is 1. The van der Waals surface area contributed by atoms with Crippen molar-refractivity contribution in [3.05, 3.63) is 89.4 Å². The van der Waals surface area contributed by atoms with Crippen molar-refractivity contribution in [2.45, 2.75) is 25.3 Å². The molecule has 1 unspecified atom stereocenters. The third-order valence-electron chi connectivity index (χ3n) is 7.00. The van der Waals surface area contributed by atoms with Crippen LogP contribution in [0.1, 0.15) is 50.7 Å². The quantitative estimate of drug-likeness (QED) is 0.301. The van der Waals surface area contributed by atoms with Gasteiger partial charge in [-0.05, 0) is 62.3 Å². The van der Waals surface area contributed by atoms with Crippen molar-refractivity contribution in [2.75, 3.05) is 43.9 Å². The van der Waals surface area contributed by atoms with Crippen LogP contribution in [-0.4, -0.2) is 65.3 Å². The fourth-order valence-electron chi connectivity index (χ4n) is 5.08. The zero-order valence-corrected chi connectivity index (χ0v) is 22.3. The number of aromatic nitrogens is 3. The number of likely N-dealkylation sites (N-methyl/N-ethyl adjacent to an activating group) is 1. The molecule has 0 saturated carbocycles. The molecule has 0 radical (unpaired) electrons. The van der Waals surface area contributed by atoms with Gasteiger partial charge in [-0.15, -0.1) is 0 Å². The van der Waals surface area contributed by atoms with E-state index >= 15 is 0 Å². The number of Topliss-reactive ketones (excluding diaryl/α,β-unsaturated/α-hetero) is 1. The third-order valence-corrected chi connectivity index (χ3v) is 7.00. The topological polar surface area (TPSA) is 117 Å². The summed E-state index contributed by atoms with van der Waals surface area (Å²) in [7, 11) is 4.01. The summed E-state index contributed by atoms with van der Waals surface area (Å²) in [4.78, 5) is 42.7. The Morgan fingerprint density at radius 3 is 2.59 bits per heavy atom. The average Bonchev–Trinajstić information content (AvgIpc) is 3.48. The lowest BCUT2D eigenvalue weighted by molar-refractivity contribution is 0.0988. The van der Waals surface area contributed by atoms with Crippen molar-refractivity contribution in [3.63, 3.8) is 0 Å². The second-order valence-corrected chi connectivity index (χ2v) is 10.2. The number of hydrogen-bond donors (Lipinski definition) is 2. The maximum Gasteiger partial charge on any atom is 0.250 e. The summed E-state index contributed by atoms with van der Waals surface area (Å²) in [6.45, 7) is 2.65. The number of benzene rings is 2. The van der Waals surface area contributed by atoms with Crippen molar-refractivity contribution in [2.24, 2.45) is 5.73 Å². The second kappa shape index (κ2) is 11.6. The average molecular weight is 524 g/mol. The van der Waals surface area contributed by atoms with Gasteiger partial charge < -0.3 is 20.9 Å². The molecule has 1 atom stereocenters. The maximum absolute atomic E-state index is 13.2. The minimum absolute atomic E-state index is 0.0629. The number of hydrogen-bond acceptors (Lipinski definition) is 8. The van der Waals surface area contributed by atoms with Crippen molar-refractivity contribution in [3.8, 4) is 0 Å². The molecule has 39 heavy (non-hydrogen) atoms. The second-order valence-electron chi connectivity index (χ2n) is 10.2. The van der Waals surface area contributed by atoms with E-state index in [0.29, 0.717) is 35.4 Å². The Labute approximate surface area is 228 Å². The lowest BCUT2D eigenvalue weighted by Gasteiger charge is -2.24. The number of amides is 1. The molecule has 9 nitrogen and oxygen atoms in total. The van der Waals surface area contributed by atoms with Crippen LogP contribution < -0.4 is 16.0 Å². The number of anilines is 2. The molecule has 3 heterocycles. The summed E-state index contributed by atoms with van der Waals surface area (Å²) in [5.74, 6) is 1.02. The van der Waals surface area contributed by atoms with Crippen LogP contribution in [0.2, 0.25) is 0 Å². The van der Waals surface area contributed by atoms with Crippen LogP contribution in [0.25, 0.3) is 10.9 Å². The van der Waals surface area contributed by atoms with Crippen LogP contribution in [0.15, 0.2) is 67.1 Å². The molecule has 1 amide bonds. The number of para-hydroxylation sites is 1. The molecule has 0 spiro atoms. The molecule has 9 heteroatoms. The van der Waals surface area contributed by atoms with Gasteiger partial charge in [0.25, 0.3) is 5.91 Å². The minimum atomic E-state index is -0.533. The van der Waals surface area contributed by atoms with Gasteiger partial charge in [-0.1, -0.05) is 30.3 Å². The summed E-state index contributed by atoms with van der Waals surface area (Å²) in [6.07, 6.45) is 5.77.